The molecule has 25 heavy (non-hydrogen) atoms. The van der Waals surface area contributed by atoms with Crippen LogP contribution in [0.4, 0.5) is 0 Å². The number of rotatable bonds is 6. The highest BCUT2D eigenvalue weighted by molar-refractivity contribution is 5.94. The van der Waals surface area contributed by atoms with Gasteiger partial charge in [0.2, 0.25) is 0 Å². The van der Waals surface area contributed by atoms with Gasteiger partial charge in [0.1, 0.15) is 0 Å². The molecule has 3 rings (SSSR count). The van der Waals surface area contributed by atoms with Crippen LogP contribution in [0.2, 0.25) is 0 Å². The maximum absolute atomic E-state index is 12.3. The van der Waals surface area contributed by atoms with Crippen LogP contribution in [0.1, 0.15) is 35.7 Å². The van der Waals surface area contributed by atoms with Crippen molar-refractivity contribution < 1.29 is 9.53 Å². The summed E-state index contributed by atoms with van der Waals surface area (Å²) in [5.41, 5.74) is 2.04. The zero-order valence-corrected chi connectivity index (χ0v) is 15.4. The zero-order valence-electron chi connectivity index (χ0n) is 15.4. The normalized spacial score (nSPS) is 22.7. The highest BCUT2D eigenvalue weighted by atomic mass is 16.5. The number of morpholine rings is 1. The van der Waals surface area contributed by atoms with E-state index in [1.807, 2.05) is 12.1 Å². The summed E-state index contributed by atoms with van der Waals surface area (Å²) < 4.78 is 5.34. The molecule has 2 saturated heterocycles. The van der Waals surface area contributed by atoms with Gasteiger partial charge < -0.3 is 10.1 Å². The number of nitrogens with one attached hydrogen (secondary N) is 1. The SMILES string of the molecule is CC1CCCN(Cc2ccc(C(=O)NCCN3CCOCC3)cc2)C1. The standard InChI is InChI=1S/C20H31N3O2/c1-17-3-2-9-23(15-17)16-18-4-6-19(7-5-18)20(24)21-8-10-22-11-13-25-14-12-22/h4-7,17H,2-3,8-16H2,1H3,(H,21,24). The Kier molecular flexibility index (Phi) is 6.84. The van der Waals surface area contributed by atoms with Crippen LogP contribution in [-0.2, 0) is 11.3 Å². The Hall–Kier alpha value is -1.43. The Morgan fingerprint density at radius 1 is 1.16 bits per heavy atom. The summed E-state index contributed by atoms with van der Waals surface area (Å²) in [5.74, 6) is 0.816. The van der Waals surface area contributed by atoms with Gasteiger partial charge in [0.25, 0.3) is 5.91 Å². The summed E-state index contributed by atoms with van der Waals surface area (Å²) in [7, 11) is 0. The average Bonchev–Trinajstić information content (AvgIpc) is 2.63. The summed E-state index contributed by atoms with van der Waals surface area (Å²) in [5, 5.41) is 3.02. The quantitative estimate of drug-likeness (QED) is 0.856. The van der Waals surface area contributed by atoms with Crippen LogP contribution >= 0.6 is 0 Å². The van der Waals surface area contributed by atoms with Gasteiger partial charge in [-0.2, -0.15) is 0 Å². The minimum Gasteiger partial charge on any atom is -0.379 e. The third-order valence-electron chi connectivity index (χ3n) is 5.18. The van der Waals surface area contributed by atoms with Crippen molar-refractivity contribution in [2.75, 3.05) is 52.5 Å². The third-order valence-corrected chi connectivity index (χ3v) is 5.18. The van der Waals surface area contributed by atoms with Crippen molar-refractivity contribution >= 4 is 5.91 Å². The Morgan fingerprint density at radius 3 is 2.64 bits per heavy atom. The van der Waals surface area contributed by atoms with Gasteiger partial charge in [-0.25, -0.2) is 0 Å². The van der Waals surface area contributed by atoms with E-state index in [1.165, 1.54) is 31.5 Å². The first-order valence-corrected chi connectivity index (χ1v) is 9.60. The number of nitrogens with zero attached hydrogens (tertiary/aromatic N) is 2. The van der Waals surface area contributed by atoms with E-state index < -0.39 is 0 Å². The summed E-state index contributed by atoms with van der Waals surface area (Å²) in [6.45, 7) is 10.8. The number of likely N-dealkylation sites (tertiary alicyclic amines) is 1. The van der Waals surface area contributed by atoms with E-state index in [1.54, 1.807) is 0 Å². The van der Waals surface area contributed by atoms with Crippen LogP contribution in [0.15, 0.2) is 24.3 Å². The predicted molar refractivity (Wildman–Crippen MR) is 99.7 cm³/mol. The van der Waals surface area contributed by atoms with E-state index in [0.717, 1.165) is 50.9 Å². The fourth-order valence-electron chi connectivity index (χ4n) is 3.70. The van der Waals surface area contributed by atoms with Crippen LogP contribution in [0, 0.1) is 5.92 Å². The topological polar surface area (TPSA) is 44.8 Å². The monoisotopic (exact) mass is 345 g/mol. The third kappa shape index (κ3) is 5.80. The van der Waals surface area contributed by atoms with Crippen molar-refractivity contribution in [3.63, 3.8) is 0 Å². The fourth-order valence-corrected chi connectivity index (χ4v) is 3.70. The number of benzene rings is 1. The second-order valence-corrected chi connectivity index (χ2v) is 7.39. The van der Waals surface area contributed by atoms with Gasteiger partial charge in [-0.1, -0.05) is 19.1 Å². The molecule has 5 nitrogen and oxygen atoms in total. The smallest absolute Gasteiger partial charge is 0.251 e. The summed E-state index contributed by atoms with van der Waals surface area (Å²) in [6, 6.07) is 8.09. The Labute approximate surface area is 151 Å². The molecule has 5 heteroatoms. The van der Waals surface area contributed by atoms with E-state index >= 15 is 0 Å². The summed E-state index contributed by atoms with van der Waals surface area (Å²) in [4.78, 5) is 17.1. The van der Waals surface area contributed by atoms with Crippen LogP contribution in [0.3, 0.4) is 0 Å². The molecule has 2 aliphatic heterocycles. The maximum atomic E-state index is 12.3. The molecule has 2 aliphatic rings. The lowest BCUT2D eigenvalue weighted by atomic mass is 9.99. The van der Waals surface area contributed by atoms with E-state index in [0.29, 0.717) is 6.54 Å². The number of piperidine rings is 1. The molecule has 1 atom stereocenters. The first kappa shape index (κ1) is 18.4. The van der Waals surface area contributed by atoms with Gasteiger partial charge in [0.05, 0.1) is 13.2 Å². The van der Waals surface area contributed by atoms with Crippen molar-refractivity contribution in [2.24, 2.45) is 5.92 Å². The summed E-state index contributed by atoms with van der Waals surface area (Å²) >= 11 is 0. The largest absolute Gasteiger partial charge is 0.379 e. The molecule has 0 radical (unpaired) electrons. The molecule has 0 spiro atoms. The molecular weight excluding hydrogens is 314 g/mol. The highest BCUT2D eigenvalue weighted by Crippen LogP contribution is 2.18. The predicted octanol–water partition coefficient (Wildman–Crippen LogP) is 1.98. The number of ether oxygens (including phenoxy) is 1. The molecule has 0 saturated carbocycles. The van der Waals surface area contributed by atoms with E-state index in [-0.39, 0.29) is 5.91 Å². The zero-order chi connectivity index (χ0) is 17.5. The minimum absolute atomic E-state index is 0.0198. The van der Waals surface area contributed by atoms with Gasteiger partial charge in [-0.15, -0.1) is 0 Å². The number of hydrogen-bond donors (Lipinski definition) is 1. The lowest BCUT2D eigenvalue weighted by Crippen LogP contribution is -2.41. The molecule has 138 valence electrons. The molecule has 1 aromatic rings. The van der Waals surface area contributed by atoms with Crippen molar-refractivity contribution in [3.05, 3.63) is 35.4 Å². The molecule has 2 fully saturated rings. The Morgan fingerprint density at radius 2 is 1.92 bits per heavy atom. The maximum Gasteiger partial charge on any atom is 0.251 e. The average molecular weight is 345 g/mol. The van der Waals surface area contributed by atoms with Crippen molar-refractivity contribution in [1.29, 1.82) is 0 Å². The molecule has 1 N–H and O–H groups in total. The van der Waals surface area contributed by atoms with Crippen molar-refractivity contribution in [3.8, 4) is 0 Å². The highest BCUT2D eigenvalue weighted by Gasteiger charge is 2.16. The minimum atomic E-state index is 0.0198. The van der Waals surface area contributed by atoms with Crippen molar-refractivity contribution in [2.45, 2.75) is 26.3 Å². The molecule has 0 bridgehead atoms. The molecule has 0 aromatic heterocycles. The van der Waals surface area contributed by atoms with E-state index in [9.17, 15) is 4.79 Å². The van der Waals surface area contributed by atoms with Crippen LogP contribution in [0.5, 0.6) is 0 Å². The molecule has 1 unspecified atom stereocenters. The fraction of sp³-hybridized carbons (Fsp3) is 0.650. The Bertz CT molecular complexity index is 540. The number of hydrogen-bond acceptors (Lipinski definition) is 4. The molecule has 0 aliphatic carbocycles. The van der Waals surface area contributed by atoms with E-state index in [2.05, 4.69) is 34.2 Å². The molecule has 1 aromatic carbocycles. The van der Waals surface area contributed by atoms with Gasteiger partial charge in [-0.3, -0.25) is 14.6 Å². The van der Waals surface area contributed by atoms with Crippen LogP contribution < -0.4 is 5.32 Å². The second kappa shape index (κ2) is 9.32. The number of carbonyl (C=O) groups is 1. The van der Waals surface area contributed by atoms with Gasteiger partial charge in [-0.05, 0) is 43.0 Å². The van der Waals surface area contributed by atoms with E-state index in [4.69, 9.17) is 4.74 Å². The summed E-state index contributed by atoms with van der Waals surface area (Å²) in [6.07, 6.45) is 2.64. The van der Waals surface area contributed by atoms with Gasteiger partial charge >= 0.3 is 0 Å². The molecule has 1 amide bonds. The van der Waals surface area contributed by atoms with Gasteiger partial charge in [0, 0.05) is 44.8 Å². The van der Waals surface area contributed by atoms with Crippen LogP contribution in [0.25, 0.3) is 0 Å². The second-order valence-electron chi connectivity index (χ2n) is 7.39. The molecular formula is C20H31N3O2. The number of amides is 1. The lowest BCUT2D eigenvalue weighted by molar-refractivity contribution is 0.0383. The Balaban J connectivity index is 1.42. The lowest BCUT2D eigenvalue weighted by Gasteiger charge is -2.30. The first-order chi connectivity index (χ1) is 12.2. The number of carbonyl (C=O) groups excluding carboxylic acids is 1. The van der Waals surface area contributed by atoms with Crippen molar-refractivity contribution in [1.82, 2.24) is 15.1 Å². The van der Waals surface area contributed by atoms with Gasteiger partial charge in [0.15, 0.2) is 0 Å². The van der Waals surface area contributed by atoms with Crippen LogP contribution in [-0.4, -0.2) is 68.2 Å². The first-order valence-electron chi connectivity index (χ1n) is 9.60. The molecule has 2 heterocycles.